The van der Waals surface area contributed by atoms with E-state index in [2.05, 4.69) is 20.2 Å². The summed E-state index contributed by atoms with van der Waals surface area (Å²) in [5.41, 5.74) is 2.14. The number of nitrogens with zero attached hydrogens (tertiary/aromatic N) is 2. The van der Waals surface area contributed by atoms with E-state index < -0.39 is 0 Å². The topological polar surface area (TPSA) is 81.2 Å². The van der Waals surface area contributed by atoms with E-state index >= 15 is 0 Å². The van der Waals surface area contributed by atoms with Crippen molar-refractivity contribution >= 4 is 5.69 Å². The van der Waals surface area contributed by atoms with Crippen molar-refractivity contribution in [2.45, 2.75) is 0 Å². The van der Waals surface area contributed by atoms with Crippen LogP contribution in [-0.2, 0) is 0 Å². The van der Waals surface area contributed by atoms with Gasteiger partial charge in [0.2, 0.25) is 0 Å². The first kappa shape index (κ1) is 12.7. The van der Waals surface area contributed by atoms with Crippen LogP contribution in [0.2, 0.25) is 0 Å². The fourth-order valence-corrected chi connectivity index (χ4v) is 2.38. The number of aromatic amines is 1. The summed E-state index contributed by atoms with van der Waals surface area (Å²) < 4.78 is 0. The van der Waals surface area contributed by atoms with Crippen molar-refractivity contribution in [1.82, 2.24) is 15.3 Å². The number of hydrogen-bond donors (Lipinski definition) is 3. The number of anilines is 1. The minimum atomic E-state index is -0.369. The second kappa shape index (κ2) is 5.34. The Morgan fingerprint density at radius 3 is 2.55 bits per heavy atom. The SMILES string of the molecule is O=c1ncc(N2CCNCC2)c(-c2ccc(O)cc2)[nH]1. The van der Waals surface area contributed by atoms with Crippen LogP contribution in [0, 0.1) is 0 Å². The normalized spacial score (nSPS) is 15.3. The fraction of sp³-hybridized carbons (Fsp3) is 0.286. The lowest BCUT2D eigenvalue weighted by molar-refractivity contribution is 0.475. The molecule has 0 bridgehead atoms. The van der Waals surface area contributed by atoms with Gasteiger partial charge in [-0.25, -0.2) is 4.79 Å². The number of aromatic nitrogens is 2. The highest BCUT2D eigenvalue weighted by atomic mass is 16.3. The van der Waals surface area contributed by atoms with Crippen LogP contribution < -0.4 is 15.9 Å². The molecule has 2 aromatic rings. The lowest BCUT2D eigenvalue weighted by atomic mass is 10.1. The van der Waals surface area contributed by atoms with Crippen molar-refractivity contribution in [3.05, 3.63) is 40.9 Å². The number of H-pyrrole nitrogens is 1. The Morgan fingerprint density at radius 2 is 1.85 bits per heavy atom. The first-order valence-corrected chi connectivity index (χ1v) is 6.58. The van der Waals surface area contributed by atoms with Crippen LogP contribution in [0.15, 0.2) is 35.3 Å². The van der Waals surface area contributed by atoms with Gasteiger partial charge in [0.25, 0.3) is 0 Å². The zero-order valence-corrected chi connectivity index (χ0v) is 11.0. The minimum Gasteiger partial charge on any atom is -0.508 e. The minimum absolute atomic E-state index is 0.203. The van der Waals surface area contributed by atoms with Gasteiger partial charge in [-0.05, 0) is 24.3 Å². The second-order valence-corrected chi connectivity index (χ2v) is 4.73. The second-order valence-electron chi connectivity index (χ2n) is 4.73. The Labute approximate surface area is 116 Å². The summed E-state index contributed by atoms with van der Waals surface area (Å²) in [4.78, 5) is 20.3. The Hall–Kier alpha value is -2.34. The van der Waals surface area contributed by atoms with E-state index in [0.717, 1.165) is 43.1 Å². The van der Waals surface area contributed by atoms with Gasteiger partial charge in [-0.15, -0.1) is 0 Å². The average molecular weight is 272 g/mol. The molecule has 6 nitrogen and oxygen atoms in total. The number of aromatic hydroxyl groups is 1. The lowest BCUT2D eigenvalue weighted by Gasteiger charge is -2.30. The summed E-state index contributed by atoms with van der Waals surface area (Å²) >= 11 is 0. The molecule has 1 aliphatic rings. The number of phenolic OH excluding ortho intramolecular Hbond substituents is 1. The predicted octanol–water partition coefficient (Wildman–Crippen LogP) is 0.552. The van der Waals surface area contributed by atoms with Crippen LogP contribution in [0.1, 0.15) is 0 Å². The zero-order valence-electron chi connectivity index (χ0n) is 11.0. The smallest absolute Gasteiger partial charge is 0.345 e. The van der Waals surface area contributed by atoms with Crippen molar-refractivity contribution in [1.29, 1.82) is 0 Å². The lowest BCUT2D eigenvalue weighted by Crippen LogP contribution is -2.44. The molecule has 1 aliphatic heterocycles. The van der Waals surface area contributed by atoms with Crippen LogP contribution in [0.25, 0.3) is 11.3 Å². The highest BCUT2D eigenvalue weighted by molar-refractivity contribution is 5.74. The molecular formula is C14H16N4O2. The molecular weight excluding hydrogens is 256 g/mol. The molecule has 0 saturated carbocycles. The molecule has 0 aliphatic carbocycles. The number of rotatable bonds is 2. The van der Waals surface area contributed by atoms with Gasteiger partial charge >= 0.3 is 5.69 Å². The molecule has 6 heteroatoms. The number of phenols is 1. The van der Waals surface area contributed by atoms with Crippen molar-refractivity contribution in [3.8, 4) is 17.0 Å². The summed E-state index contributed by atoms with van der Waals surface area (Å²) in [6.45, 7) is 3.57. The van der Waals surface area contributed by atoms with E-state index in [4.69, 9.17) is 0 Å². The third-order valence-corrected chi connectivity index (χ3v) is 3.41. The van der Waals surface area contributed by atoms with Crippen molar-refractivity contribution < 1.29 is 5.11 Å². The predicted molar refractivity (Wildman–Crippen MR) is 77.0 cm³/mol. The zero-order chi connectivity index (χ0) is 13.9. The molecule has 1 fully saturated rings. The Kier molecular flexibility index (Phi) is 3.39. The quantitative estimate of drug-likeness (QED) is 0.744. The van der Waals surface area contributed by atoms with Gasteiger partial charge in [-0.2, -0.15) is 4.98 Å². The number of benzene rings is 1. The van der Waals surface area contributed by atoms with Crippen LogP contribution in [0.5, 0.6) is 5.75 Å². The van der Waals surface area contributed by atoms with Crippen LogP contribution >= 0.6 is 0 Å². The summed E-state index contributed by atoms with van der Waals surface area (Å²) in [5.74, 6) is 0.203. The van der Waals surface area contributed by atoms with Gasteiger partial charge < -0.3 is 20.3 Å². The number of nitrogens with one attached hydrogen (secondary N) is 2. The van der Waals surface area contributed by atoms with Gasteiger partial charge in [0.15, 0.2) is 0 Å². The molecule has 1 aromatic carbocycles. The molecule has 0 radical (unpaired) electrons. The molecule has 3 N–H and O–H groups in total. The van der Waals surface area contributed by atoms with E-state index in [1.165, 1.54) is 0 Å². The van der Waals surface area contributed by atoms with Crippen molar-refractivity contribution in [3.63, 3.8) is 0 Å². The van der Waals surface area contributed by atoms with Gasteiger partial charge in [0, 0.05) is 31.7 Å². The average Bonchev–Trinajstić information content (AvgIpc) is 2.49. The van der Waals surface area contributed by atoms with Crippen LogP contribution in [0.3, 0.4) is 0 Å². The molecule has 20 heavy (non-hydrogen) atoms. The maximum Gasteiger partial charge on any atom is 0.345 e. The van der Waals surface area contributed by atoms with Gasteiger partial charge in [-0.1, -0.05) is 0 Å². The third kappa shape index (κ3) is 2.50. The molecule has 0 atom stereocenters. The van der Waals surface area contributed by atoms with Gasteiger partial charge in [0.05, 0.1) is 17.6 Å². The molecule has 1 aromatic heterocycles. The van der Waals surface area contributed by atoms with E-state index in [-0.39, 0.29) is 11.4 Å². The maximum absolute atomic E-state index is 11.5. The van der Waals surface area contributed by atoms with E-state index in [9.17, 15) is 9.90 Å². The molecule has 3 rings (SSSR count). The molecule has 2 heterocycles. The summed E-state index contributed by atoms with van der Waals surface area (Å²) in [5, 5.41) is 12.7. The van der Waals surface area contributed by atoms with Crippen LogP contribution in [0.4, 0.5) is 5.69 Å². The number of hydrogen-bond acceptors (Lipinski definition) is 5. The van der Waals surface area contributed by atoms with E-state index in [0.29, 0.717) is 0 Å². The highest BCUT2D eigenvalue weighted by Crippen LogP contribution is 2.28. The number of piperazine rings is 1. The standard InChI is InChI=1S/C14H16N4O2/c19-11-3-1-10(2-4-11)13-12(9-16-14(20)17-13)18-7-5-15-6-8-18/h1-4,9,15,19H,5-8H2,(H,16,17,20). The Morgan fingerprint density at radius 1 is 1.15 bits per heavy atom. The fourth-order valence-electron chi connectivity index (χ4n) is 2.38. The van der Waals surface area contributed by atoms with Gasteiger partial charge in [0.1, 0.15) is 5.75 Å². The van der Waals surface area contributed by atoms with E-state index in [1.54, 1.807) is 30.5 Å². The largest absolute Gasteiger partial charge is 0.508 e. The van der Waals surface area contributed by atoms with Crippen LogP contribution in [-0.4, -0.2) is 41.3 Å². The molecule has 104 valence electrons. The first-order valence-electron chi connectivity index (χ1n) is 6.58. The maximum atomic E-state index is 11.5. The van der Waals surface area contributed by atoms with Crippen molar-refractivity contribution in [2.24, 2.45) is 0 Å². The summed E-state index contributed by atoms with van der Waals surface area (Å²) in [6.07, 6.45) is 1.62. The first-order chi connectivity index (χ1) is 9.74. The molecule has 1 saturated heterocycles. The van der Waals surface area contributed by atoms with Crippen molar-refractivity contribution in [2.75, 3.05) is 31.1 Å². The van der Waals surface area contributed by atoms with E-state index in [1.807, 2.05) is 0 Å². The summed E-state index contributed by atoms with van der Waals surface area (Å²) in [7, 11) is 0. The molecule has 0 spiro atoms. The summed E-state index contributed by atoms with van der Waals surface area (Å²) in [6, 6.07) is 6.78. The monoisotopic (exact) mass is 272 g/mol. The highest BCUT2D eigenvalue weighted by Gasteiger charge is 2.16. The Balaban J connectivity index is 2.05. The third-order valence-electron chi connectivity index (χ3n) is 3.41. The van der Waals surface area contributed by atoms with Gasteiger partial charge in [-0.3, -0.25) is 0 Å². The molecule has 0 unspecified atom stereocenters. The molecule has 0 amide bonds. The Bertz CT molecular complexity index is 645.